The van der Waals surface area contributed by atoms with E-state index in [4.69, 9.17) is 11.6 Å². The van der Waals surface area contributed by atoms with E-state index in [0.717, 1.165) is 128 Å². The molecule has 0 fully saturated rings. The molecule has 120 heavy (non-hydrogen) atoms. The summed E-state index contributed by atoms with van der Waals surface area (Å²) in [5.41, 5.74) is 16.2. The van der Waals surface area contributed by atoms with Crippen LogP contribution in [-0.2, 0) is 104 Å². The SMILES string of the molecule is Cc1ccc(CCN(Cc2ncn[nH]2)Cc2nncn2CC#Cc2ccccc2)cc1.Cc1ccc(CCN(Cc2ncn[nH]2)Cc2nncn2Cc2ccc(C)cc2)cc1.Cc1ccc(CCN(Cc2ncn[nH]2)Cc2nncn2Cc2cccc(Cl)c2)cc1.Cc1ccc(CCN(Cc2ncn[nH]2)Cc2nncn2Cc2ccccc2)cc1. The summed E-state index contributed by atoms with van der Waals surface area (Å²) < 4.78 is 8.28. The minimum Gasteiger partial charge on any atom is -0.312 e. The third-order valence-corrected chi connectivity index (χ3v) is 20.3. The number of hydrogen-bond acceptors (Lipinski definition) is 20. The molecule has 4 N–H and O–H groups in total. The number of hydrogen-bond donors (Lipinski definition) is 4. The summed E-state index contributed by atoms with van der Waals surface area (Å²) in [6, 6.07) is 71.5. The van der Waals surface area contributed by atoms with Crippen LogP contribution in [0.5, 0.6) is 0 Å². The Morgan fingerprint density at radius 3 is 0.925 bits per heavy atom. The molecule has 8 aromatic heterocycles. The molecule has 0 saturated carbocycles. The monoisotopic (exact) mass is 1620 g/mol. The van der Waals surface area contributed by atoms with Gasteiger partial charge in [0.15, 0.2) is 0 Å². The number of H-pyrrole nitrogens is 4. The third-order valence-electron chi connectivity index (χ3n) is 20.1. The van der Waals surface area contributed by atoms with Crippen LogP contribution in [0, 0.1) is 46.5 Å². The van der Waals surface area contributed by atoms with Crippen LogP contribution >= 0.6 is 11.6 Å². The fraction of sp³-hybridized carbons (Fsp3) is 0.275. The molecule has 0 radical (unpaired) electrons. The van der Waals surface area contributed by atoms with Gasteiger partial charge in [0.1, 0.15) is 97.2 Å². The van der Waals surface area contributed by atoms with Crippen LogP contribution < -0.4 is 0 Å². The standard InChI is InChI=1S/C24H25N7.C23H27N7.C22H24ClN7.C22H25N7/c1-20-9-11-22(12-10-20)13-15-30(16-23-25-18-26-28-23)17-24-29-27-19-31(24)14-5-8-21-6-3-2-4-7-21;1-18-3-7-20(8-4-18)11-12-29(14-22-24-16-25-27-22)15-23-28-26-17-30(23)13-21-9-5-19(2)6-10-21;1-17-5-7-18(8-6-17)9-10-29(13-21-24-15-25-27-21)14-22-28-26-16-30(22)12-19-3-2-4-20(23)11-19;1-18-7-9-19(10-8-18)11-12-28(14-21-23-16-24-26-21)15-22-27-25-17-29(22)13-20-5-3-2-4-6-20/h2-4,6-7,9-12,18-19H,13-17H2,1H3,(H,25,26,28);3-10,16-17H,11-15H2,1-2H3,(H,24,25,27);2-8,11,15-16H,9-10,12-14H2,1H3,(H,24,25,27);2-10,16-17H,11-15H2,1H3,(H,23,24,26). The van der Waals surface area contributed by atoms with Crippen molar-refractivity contribution >= 4 is 11.6 Å². The third kappa shape index (κ3) is 27.9. The van der Waals surface area contributed by atoms with Gasteiger partial charge in [-0.05, 0) is 124 Å². The van der Waals surface area contributed by atoms with Gasteiger partial charge >= 0.3 is 0 Å². The fourth-order valence-corrected chi connectivity index (χ4v) is 13.5. The van der Waals surface area contributed by atoms with Crippen molar-refractivity contribution in [2.24, 2.45) is 0 Å². The summed E-state index contributed by atoms with van der Waals surface area (Å²) in [6.45, 7) is 22.2. The molecule has 0 atom stereocenters. The van der Waals surface area contributed by atoms with Crippen molar-refractivity contribution in [2.75, 3.05) is 26.2 Å². The quantitative estimate of drug-likeness (QED) is 0.0268. The first-order valence-electron chi connectivity index (χ1n) is 40.2. The van der Waals surface area contributed by atoms with Crippen LogP contribution in [0.25, 0.3) is 0 Å². The van der Waals surface area contributed by atoms with E-state index in [9.17, 15) is 0 Å². The fourth-order valence-electron chi connectivity index (χ4n) is 13.3. The Morgan fingerprint density at radius 1 is 0.308 bits per heavy atom. The zero-order valence-electron chi connectivity index (χ0n) is 68.5. The van der Waals surface area contributed by atoms with Crippen molar-refractivity contribution in [2.45, 2.75) is 139 Å². The number of halogens is 1. The predicted octanol–water partition coefficient (Wildman–Crippen LogP) is 13.0. The lowest BCUT2D eigenvalue weighted by Crippen LogP contribution is -2.27. The van der Waals surface area contributed by atoms with Crippen LogP contribution in [0.3, 0.4) is 0 Å². The number of nitrogens with one attached hydrogen (secondary N) is 4. The molecule has 16 rings (SSSR count). The Kier molecular flexibility index (Phi) is 31.5. The minimum atomic E-state index is 0.547. The summed E-state index contributed by atoms with van der Waals surface area (Å²) in [4.78, 5) is 26.4. The minimum absolute atomic E-state index is 0.547. The molecule has 8 aromatic carbocycles. The van der Waals surface area contributed by atoms with Gasteiger partial charge in [0.05, 0.1) is 78.5 Å². The summed E-state index contributed by atoms with van der Waals surface area (Å²) in [5.74, 6) is 13.4. The van der Waals surface area contributed by atoms with Crippen molar-refractivity contribution in [3.8, 4) is 11.8 Å². The lowest BCUT2D eigenvalue weighted by molar-refractivity contribution is 0.244. The van der Waals surface area contributed by atoms with Crippen LogP contribution in [0.2, 0.25) is 5.02 Å². The van der Waals surface area contributed by atoms with Gasteiger partial charge in [-0.1, -0.05) is 233 Å². The molecule has 28 nitrogen and oxygen atoms in total. The van der Waals surface area contributed by atoms with Crippen molar-refractivity contribution in [3.05, 3.63) is 381 Å². The van der Waals surface area contributed by atoms with Crippen molar-refractivity contribution in [1.82, 2.24) is 139 Å². The average Bonchev–Trinajstić information content (AvgIpc) is 1.71. The Hall–Kier alpha value is -13.4. The van der Waals surface area contributed by atoms with Gasteiger partial charge in [-0.25, -0.2) is 19.9 Å². The maximum atomic E-state index is 6.13. The number of nitrogens with zero attached hydrogens (tertiary/aromatic N) is 24. The van der Waals surface area contributed by atoms with Gasteiger partial charge in [-0.3, -0.25) is 40.0 Å². The molecular weight excluding hydrogens is 1520 g/mol. The molecule has 0 amide bonds. The van der Waals surface area contributed by atoms with Crippen molar-refractivity contribution in [3.63, 3.8) is 0 Å². The molecule has 0 spiro atoms. The van der Waals surface area contributed by atoms with Crippen LogP contribution in [0.4, 0.5) is 0 Å². The van der Waals surface area contributed by atoms with Gasteiger partial charge in [0.25, 0.3) is 0 Å². The van der Waals surface area contributed by atoms with Crippen LogP contribution in [0.15, 0.2) is 257 Å². The zero-order chi connectivity index (χ0) is 82.7. The van der Waals surface area contributed by atoms with E-state index in [1.54, 1.807) is 31.6 Å². The highest BCUT2D eigenvalue weighted by molar-refractivity contribution is 6.30. The maximum Gasteiger partial charge on any atom is 0.147 e. The maximum absolute atomic E-state index is 6.13. The lowest BCUT2D eigenvalue weighted by atomic mass is 10.1. The second kappa shape index (κ2) is 44.8. The topological polar surface area (TPSA) is 302 Å². The Bertz CT molecular complexity index is 5600. The van der Waals surface area contributed by atoms with Gasteiger partial charge < -0.3 is 18.3 Å². The normalized spacial score (nSPS) is 11.2. The van der Waals surface area contributed by atoms with Crippen LogP contribution in [-0.4, -0.2) is 166 Å². The molecular formula is C91H101ClN28. The van der Waals surface area contributed by atoms with E-state index in [0.29, 0.717) is 65.4 Å². The Balaban J connectivity index is 0.000000138. The molecule has 0 saturated heterocycles. The van der Waals surface area contributed by atoms with E-state index in [1.165, 1.54) is 73.9 Å². The molecule has 8 heterocycles. The highest BCUT2D eigenvalue weighted by Gasteiger charge is 2.20. The van der Waals surface area contributed by atoms with E-state index in [-0.39, 0.29) is 0 Å². The highest BCUT2D eigenvalue weighted by atomic mass is 35.5. The van der Waals surface area contributed by atoms with Gasteiger partial charge in [0.2, 0.25) is 0 Å². The van der Waals surface area contributed by atoms with Gasteiger partial charge in [0, 0.05) is 36.8 Å². The van der Waals surface area contributed by atoms with Crippen LogP contribution in [0.1, 0.15) is 119 Å². The molecule has 0 aliphatic carbocycles. The summed E-state index contributed by atoms with van der Waals surface area (Å²) in [6.07, 6.45) is 17.1. The van der Waals surface area contributed by atoms with Crippen molar-refractivity contribution in [1.29, 1.82) is 0 Å². The number of aryl methyl sites for hydroxylation is 5. The van der Waals surface area contributed by atoms with E-state index >= 15 is 0 Å². The molecule has 0 unspecified atom stereocenters. The first-order valence-corrected chi connectivity index (χ1v) is 40.5. The zero-order valence-corrected chi connectivity index (χ0v) is 69.3. The number of aromatic nitrogens is 24. The molecule has 0 bridgehead atoms. The molecule has 612 valence electrons. The summed E-state index contributed by atoms with van der Waals surface area (Å²) in [5, 5.41) is 62.5. The Labute approximate surface area is 704 Å². The molecule has 29 heteroatoms. The highest BCUT2D eigenvalue weighted by Crippen LogP contribution is 2.19. The van der Waals surface area contributed by atoms with E-state index < -0.39 is 0 Å². The molecule has 16 aromatic rings. The van der Waals surface area contributed by atoms with Gasteiger partial charge in [-0.15, -0.1) is 40.8 Å². The smallest absolute Gasteiger partial charge is 0.147 e. The second-order valence-corrected chi connectivity index (χ2v) is 30.2. The molecule has 0 aliphatic heterocycles. The average molecular weight is 1620 g/mol. The van der Waals surface area contributed by atoms with Crippen molar-refractivity contribution < 1.29 is 0 Å². The predicted molar refractivity (Wildman–Crippen MR) is 461 cm³/mol. The number of rotatable bonds is 35. The number of benzene rings is 8. The van der Waals surface area contributed by atoms with Gasteiger partial charge in [-0.2, -0.15) is 20.4 Å². The second-order valence-electron chi connectivity index (χ2n) is 29.8. The summed E-state index contributed by atoms with van der Waals surface area (Å²) in [7, 11) is 0. The Morgan fingerprint density at radius 2 is 0.600 bits per heavy atom. The van der Waals surface area contributed by atoms with E-state index in [1.807, 2.05) is 65.5 Å². The lowest BCUT2D eigenvalue weighted by Gasteiger charge is -2.21. The first kappa shape index (κ1) is 84.5. The van der Waals surface area contributed by atoms with E-state index in [2.05, 4.69) is 333 Å². The largest absolute Gasteiger partial charge is 0.312 e. The number of aromatic amines is 4. The molecule has 0 aliphatic rings. The first-order chi connectivity index (χ1) is 58.8. The summed E-state index contributed by atoms with van der Waals surface area (Å²) >= 11 is 6.13.